The van der Waals surface area contributed by atoms with Crippen molar-refractivity contribution in [2.75, 3.05) is 25.5 Å². The molecule has 1 fully saturated rings. The van der Waals surface area contributed by atoms with Gasteiger partial charge in [0.15, 0.2) is 5.69 Å². The third-order valence-corrected chi connectivity index (χ3v) is 3.18. The topological polar surface area (TPSA) is 93.0 Å². The first-order valence-electron chi connectivity index (χ1n) is 6.91. The van der Waals surface area contributed by atoms with Crippen molar-refractivity contribution in [1.29, 1.82) is 0 Å². The molecule has 1 heterocycles. The van der Waals surface area contributed by atoms with E-state index in [1.807, 2.05) is 0 Å². The summed E-state index contributed by atoms with van der Waals surface area (Å²) < 4.78 is 5.44. The summed E-state index contributed by atoms with van der Waals surface area (Å²) in [6, 6.07) is 0. The van der Waals surface area contributed by atoms with E-state index >= 15 is 0 Å². The normalized spacial score (nSPS) is 14.6. The lowest BCUT2D eigenvalue weighted by molar-refractivity contribution is 0.0902. The van der Waals surface area contributed by atoms with Crippen molar-refractivity contribution in [3.05, 3.63) is 11.4 Å². The Morgan fingerprint density at radius 3 is 3.05 bits per heavy atom. The fourth-order valence-electron chi connectivity index (χ4n) is 1.86. The van der Waals surface area contributed by atoms with Crippen LogP contribution in [-0.2, 0) is 11.2 Å². The predicted molar refractivity (Wildman–Crippen MR) is 72.9 cm³/mol. The molecule has 0 atom stereocenters. The molecule has 1 aliphatic rings. The summed E-state index contributed by atoms with van der Waals surface area (Å²) in [6.07, 6.45) is 4.31. The highest BCUT2D eigenvalue weighted by Crippen LogP contribution is 2.28. The van der Waals surface area contributed by atoms with Crippen molar-refractivity contribution in [3.63, 3.8) is 0 Å². The zero-order valence-corrected chi connectivity index (χ0v) is 11.4. The Kier molecular flexibility index (Phi) is 4.79. The number of carbonyl (C=O) groups is 1. The van der Waals surface area contributed by atoms with Gasteiger partial charge in [-0.2, -0.15) is 5.10 Å². The Morgan fingerprint density at radius 2 is 2.37 bits per heavy atom. The van der Waals surface area contributed by atoms with Crippen LogP contribution in [0.5, 0.6) is 0 Å². The lowest BCUT2D eigenvalue weighted by Crippen LogP contribution is -2.28. The van der Waals surface area contributed by atoms with E-state index in [4.69, 9.17) is 10.5 Å². The number of aromatic nitrogens is 2. The minimum absolute atomic E-state index is 0.244. The van der Waals surface area contributed by atoms with Gasteiger partial charge in [0.05, 0.1) is 18.0 Å². The number of amides is 1. The summed E-state index contributed by atoms with van der Waals surface area (Å²) in [5.41, 5.74) is 7.45. The van der Waals surface area contributed by atoms with E-state index in [-0.39, 0.29) is 11.6 Å². The number of hydrogen-bond donors (Lipinski definition) is 3. The van der Waals surface area contributed by atoms with Crippen molar-refractivity contribution >= 4 is 11.6 Å². The molecule has 4 N–H and O–H groups in total. The molecule has 0 radical (unpaired) electrons. The molecule has 0 aliphatic heterocycles. The number of nitrogen functional groups attached to an aromatic ring is 1. The van der Waals surface area contributed by atoms with Crippen molar-refractivity contribution in [3.8, 4) is 0 Å². The van der Waals surface area contributed by atoms with Crippen molar-refractivity contribution in [2.24, 2.45) is 5.92 Å². The van der Waals surface area contributed by atoms with Crippen LogP contribution in [-0.4, -0.2) is 35.9 Å². The summed E-state index contributed by atoms with van der Waals surface area (Å²) in [4.78, 5) is 11.9. The van der Waals surface area contributed by atoms with E-state index in [1.165, 1.54) is 12.8 Å². The number of hydrogen-bond acceptors (Lipinski definition) is 4. The Balaban J connectivity index is 1.72. The van der Waals surface area contributed by atoms with Crippen LogP contribution in [0, 0.1) is 5.92 Å². The number of nitrogens with two attached hydrogens (primary N) is 1. The SMILES string of the molecule is CCCc1[nH]nc(C(=O)NCCOCC2CC2)c1N. The maximum absolute atomic E-state index is 11.9. The van der Waals surface area contributed by atoms with Gasteiger partial charge in [0.25, 0.3) is 5.91 Å². The van der Waals surface area contributed by atoms with Crippen LogP contribution in [0.3, 0.4) is 0 Å². The van der Waals surface area contributed by atoms with E-state index < -0.39 is 0 Å². The molecule has 19 heavy (non-hydrogen) atoms. The average Bonchev–Trinajstić information content (AvgIpc) is 3.15. The molecule has 1 aliphatic carbocycles. The fraction of sp³-hybridized carbons (Fsp3) is 0.692. The molecule has 0 unspecified atom stereocenters. The molecule has 6 heteroatoms. The molecule has 0 bridgehead atoms. The first-order valence-corrected chi connectivity index (χ1v) is 6.91. The number of H-pyrrole nitrogens is 1. The van der Waals surface area contributed by atoms with E-state index in [9.17, 15) is 4.79 Å². The van der Waals surface area contributed by atoms with Gasteiger partial charge in [-0.25, -0.2) is 0 Å². The Bertz CT molecular complexity index is 426. The van der Waals surface area contributed by atoms with Gasteiger partial charge in [0, 0.05) is 13.2 Å². The van der Waals surface area contributed by atoms with Crippen LogP contribution in [0.15, 0.2) is 0 Å². The summed E-state index contributed by atoms with van der Waals surface area (Å²) >= 11 is 0. The lowest BCUT2D eigenvalue weighted by atomic mass is 10.2. The Hall–Kier alpha value is -1.56. The number of rotatable bonds is 8. The molecule has 0 saturated heterocycles. The summed E-state index contributed by atoms with van der Waals surface area (Å²) in [7, 11) is 0. The van der Waals surface area contributed by atoms with Gasteiger partial charge in [-0.3, -0.25) is 9.89 Å². The van der Waals surface area contributed by atoms with Crippen LogP contribution in [0.4, 0.5) is 5.69 Å². The molecule has 1 amide bonds. The number of carbonyl (C=O) groups excluding carboxylic acids is 1. The van der Waals surface area contributed by atoms with Crippen LogP contribution < -0.4 is 11.1 Å². The second-order valence-electron chi connectivity index (χ2n) is 4.99. The number of aryl methyl sites for hydroxylation is 1. The molecule has 1 saturated carbocycles. The van der Waals surface area contributed by atoms with Crippen LogP contribution in [0.1, 0.15) is 42.4 Å². The molecule has 1 aromatic rings. The maximum atomic E-state index is 11.9. The van der Waals surface area contributed by atoms with E-state index in [0.29, 0.717) is 18.8 Å². The van der Waals surface area contributed by atoms with Crippen LogP contribution >= 0.6 is 0 Å². The molecule has 106 valence electrons. The second kappa shape index (κ2) is 6.56. The average molecular weight is 266 g/mol. The summed E-state index contributed by atoms with van der Waals surface area (Å²) in [6.45, 7) is 3.88. The standard InChI is InChI=1S/C13H22N4O2/c1-2-3-10-11(14)12(17-16-10)13(18)15-6-7-19-8-9-4-5-9/h9H,2-8,14H2,1H3,(H,15,18)(H,16,17). The van der Waals surface area contributed by atoms with Crippen molar-refractivity contribution in [2.45, 2.75) is 32.6 Å². The number of aromatic amines is 1. The zero-order chi connectivity index (χ0) is 13.7. The first kappa shape index (κ1) is 13.9. The quantitative estimate of drug-likeness (QED) is 0.614. The molecule has 0 spiro atoms. The first-order chi connectivity index (χ1) is 9.22. The van der Waals surface area contributed by atoms with Gasteiger partial charge in [-0.15, -0.1) is 0 Å². The molecular weight excluding hydrogens is 244 g/mol. The highest BCUT2D eigenvalue weighted by Gasteiger charge is 2.21. The van der Waals surface area contributed by atoms with Gasteiger partial charge in [0.1, 0.15) is 0 Å². The minimum Gasteiger partial charge on any atom is -0.395 e. The largest absolute Gasteiger partial charge is 0.395 e. The Morgan fingerprint density at radius 1 is 1.58 bits per heavy atom. The van der Waals surface area contributed by atoms with E-state index in [1.54, 1.807) is 0 Å². The molecule has 2 rings (SSSR count). The van der Waals surface area contributed by atoms with Crippen LogP contribution in [0.25, 0.3) is 0 Å². The van der Waals surface area contributed by atoms with E-state index in [2.05, 4.69) is 22.4 Å². The van der Waals surface area contributed by atoms with Gasteiger partial charge >= 0.3 is 0 Å². The summed E-state index contributed by atoms with van der Waals surface area (Å²) in [5.74, 6) is 0.500. The maximum Gasteiger partial charge on any atom is 0.274 e. The molecule has 0 aromatic carbocycles. The second-order valence-corrected chi connectivity index (χ2v) is 4.99. The fourth-order valence-corrected chi connectivity index (χ4v) is 1.86. The third-order valence-electron chi connectivity index (χ3n) is 3.18. The zero-order valence-electron chi connectivity index (χ0n) is 11.4. The van der Waals surface area contributed by atoms with Gasteiger partial charge in [-0.05, 0) is 25.2 Å². The number of nitrogens with zero attached hydrogens (tertiary/aromatic N) is 1. The van der Waals surface area contributed by atoms with Gasteiger partial charge in [0.2, 0.25) is 0 Å². The smallest absolute Gasteiger partial charge is 0.274 e. The number of ether oxygens (including phenoxy) is 1. The van der Waals surface area contributed by atoms with Crippen LogP contribution in [0.2, 0.25) is 0 Å². The molecule has 1 aromatic heterocycles. The van der Waals surface area contributed by atoms with Crippen molar-refractivity contribution < 1.29 is 9.53 Å². The number of anilines is 1. The highest BCUT2D eigenvalue weighted by atomic mass is 16.5. The van der Waals surface area contributed by atoms with Gasteiger partial charge < -0.3 is 15.8 Å². The minimum atomic E-state index is -0.244. The number of nitrogens with one attached hydrogen (secondary N) is 2. The van der Waals surface area contributed by atoms with Crippen molar-refractivity contribution in [1.82, 2.24) is 15.5 Å². The lowest BCUT2D eigenvalue weighted by Gasteiger charge is -2.05. The third kappa shape index (κ3) is 3.96. The highest BCUT2D eigenvalue weighted by molar-refractivity contribution is 5.97. The van der Waals surface area contributed by atoms with E-state index in [0.717, 1.165) is 31.1 Å². The monoisotopic (exact) mass is 266 g/mol. The predicted octanol–water partition coefficient (Wildman–Crippen LogP) is 1.10. The molecular formula is C13H22N4O2. The molecule has 6 nitrogen and oxygen atoms in total. The Labute approximate surface area is 113 Å². The summed E-state index contributed by atoms with van der Waals surface area (Å²) in [5, 5.41) is 9.55. The van der Waals surface area contributed by atoms with Gasteiger partial charge in [-0.1, -0.05) is 13.3 Å².